The van der Waals surface area contributed by atoms with Crippen LogP contribution in [0.3, 0.4) is 0 Å². The van der Waals surface area contributed by atoms with Gasteiger partial charge in [-0.3, -0.25) is 0 Å². The van der Waals surface area contributed by atoms with Crippen LogP contribution in [-0.2, 0) is 16.6 Å². The predicted octanol–water partition coefficient (Wildman–Crippen LogP) is -1.49. The van der Waals surface area contributed by atoms with Gasteiger partial charge in [-0.15, -0.1) is 10.2 Å². The van der Waals surface area contributed by atoms with Crippen LogP contribution in [0, 0.1) is 0 Å². The standard InChI is InChI=1S/C7H10N8O2S/c1-8-7-9-2-5(3-10-7)18(16,17)11-4-6-12-14-15-13-6/h2-3,11H,4H2,1H3,(H,8,9,10)(H,12,13,14,15). The Bertz CT molecular complexity index is 593. The van der Waals surface area contributed by atoms with Crippen LogP contribution in [0.15, 0.2) is 17.3 Å². The second-order valence-corrected chi connectivity index (χ2v) is 4.91. The Morgan fingerprint density at radius 1 is 1.33 bits per heavy atom. The van der Waals surface area contributed by atoms with E-state index < -0.39 is 10.0 Å². The normalized spacial score (nSPS) is 11.4. The molecular formula is C7H10N8O2S. The summed E-state index contributed by atoms with van der Waals surface area (Å²) in [6, 6.07) is 0. The van der Waals surface area contributed by atoms with E-state index in [1.165, 1.54) is 12.4 Å². The van der Waals surface area contributed by atoms with Crippen molar-refractivity contribution in [2.75, 3.05) is 12.4 Å². The molecule has 2 rings (SSSR count). The van der Waals surface area contributed by atoms with Gasteiger partial charge in [0.15, 0.2) is 5.82 Å². The fraction of sp³-hybridized carbons (Fsp3) is 0.286. The minimum atomic E-state index is -3.69. The van der Waals surface area contributed by atoms with E-state index in [9.17, 15) is 8.42 Å². The molecule has 2 aromatic heterocycles. The second kappa shape index (κ2) is 5.01. The number of aromatic nitrogens is 6. The van der Waals surface area contributed by atoms with E-state index in [-0.39, 0.29) is 17.3 Å². The Labute approximate surface area is 102 Å². The summed E-state index contributed by atoms with van der Waals surface area (Å²) < 4.78 is 26.0. The first-order chi connectivity index (χ1) is 8.62. The molecule has 0 radical (unpaired) electrons. The van der Waals surface area contributed by atoms with Crippen molar-refractivity contribution in [2.24, 2.45) is 0 Å². The van der Waals surface area contributed by atoms with Gasteiger partial charge in [-0.25, -0.2) is 23.1 Å². The third kappa shape index (κ3) is 2.75. The fourth-order valence-electron chi connectivity index (χ4n) is 1.08. The highest BCUT2D eigenvalue weighted by molar-refractivity contribution is 7.89. The SMILES string of the molecule is CNc1ncc(S(=O)(=O)NCc2nn[nH]n2)cn1. The lowest BCUT2D eigenvalue weighted by Crippen LogP contribution is -2.24. The van der Waals surface area contributed by atoms with Crippen LogP contribution >= 0.6 is 0 Å². The molecule has 2 aromatic rings. The summed E-state index contributed by atoms with van der Waals surface area (Å²) >= 11 is 0. The summed E-state index contributed by atoms with van der Waals surface area (Å²) in [4.78, 5) is 7.60. The molecule has 0 aromatic carbocycles. The summed E-state index contributed by atoms with van der Waals surface area (Å²) in [5, 5.41) is 15.5. The highest BCUT2D eigenvalue weighted by Crippen LogP contribution is 2.07. The maximum atomic E-state index is 11.8. The van der Waals surface area contributed by atoms with E-state index in [1.807, 2.05) is 0 Å². The summed E-state index contributed by atoms with van der Waals surface area (Å²) in [6.45, 7) is -0.0629. The molecule has 0 amide bonds. The van der Waals surface area contributed by atoms with Gasteiger partial charge in [-0.1, -0.05) is 5.21 Å². The van der Waals surface area contributed by atoms with E-state index >= 15 is 0 Å². The zero-order valence-corrected chi connectivity index (χ0v) is 10.1. The monoisotopic (exact) mass is 270 g/mol. The summed E-state index contributed by atoms with van der Waals surface area (Å²) in [6.07, 6.45) is 2.41. The van der Waals surface area contributed by atoms with Crippen LogP contribution in [0.25, 0.3) is 0 Å². The first-order valence-electron chi connectivity index (χ1n) is 4.83. The van der Waals surface area contributed by atoms with Gasteiger partial charge in [0, 0.05) is 7.05 Å². The van der Waals surface area contributed by atoms with Crippen molar-refractivity contribution >= 4 is 16.0 Å². The highest BCUT2D eigenvalue weighted by Gasteiger charge is 2.15. The number of hydrogen-bond acceptors (Lipinski definition) is 8. The molecule has 0 bridgehead atoms. The number of H-pyrrole nitrogens is 1. The Balaban J connectivity index is 2.09. The van der Waals surface area contributed by atoms with Crippen molar-refractivity contribution in [2.45, 2.75) is 11.4 Å². The third-order valence-electron chi connectivity index (χ3n) is 1.97. The van der Waals surface area contributed by atoms with Crippen molar-refractivity contribution in [3.8, 4) is 0 Å². The van der Waals surface area contributed by atoms with Crippen molar-refractivity contribution in [3.05, 3.63) is 18.2 Å². The van der Waals surface area contributed by atoms with Crippen LogP contribution < -0.4 is 10.0 Å². The zero-order valence-electron chi connectivity index (χ0n) is 9.32. The van der Waals surface area contributed by atoms with E-state index in [4.69, 9.17) is 0 Å². The second-order valence-electron chi connectivity index (χ2n) is 3.14. The number of anilines is 1. The fourth-order valence-corrected chi connectivity index (χ4v) is 1.95. The number of aromatic amines is 1. The van der Waals surface area contributed by atoms with Gasteiger partial charge in [-0.05, 0) is 0 Å². The van der Waals surface area contributed by atoms with Crippen molar-refractivity contribution < 1.29 is 8.42 Å². The molecule has 0 aliphatic rings. The number of tetrazole rings is 1. The number of nitrogens with one attached hydrogen (secondary N) is 3. The predicted molar refractivity (Wildman–Crippen MR) is 59.8 cm³/mol. The van der Waals surface area contributed by atoms with Crippen LogP contribution in [0.1, 0.15) is 5.82 Å². The Morgan fingerprint density at radius 3 is 2.61 bits per heavy atom. The lowest BCUT2D eigenvalue weighted by atomic mass is 10.6. The van der Waals surface area contributed by atoms with Crippen molar-refractivity contribution in [3.63, 3.8) is 0 Å². The van der Waals surface area contributed by atoms with E-state index in [0.717, 1.165) is 0 Å². The number of nitrogens with zero attached hydrogens (tertiary/aromatic N) is 5. The van der Waals surface area contributed by atoms with Gasteiger partial charge in [-0.2, -0.15) is 5.21 Å². The quantitative estimate of drug-likeness (QED) is 0.597. The van der Waals surface area contributed by atoms with Crippen molar-refractivity contribution in [1.82, 2.24) is 35.3 Å². The van der Waals surface area contributed by atoms with E-state index in [0.29, 0.717) is 5.95 Å². The van der Waals surface area contributed by atoms with Crippen LogP contribution in [-0.4, -0.2) is 46.1 Å². The maximum absolute atomic E-state index is 11.8. The van der Waals surface area contributed by atoms with E-state index in [1.54, 1.807) is 7.05 Å². The average molecular weight is 270 g/mol. The molecule has 11 heteroatoms. The average Bonchev–Trinajstić information content (AvgIpc) is 2.90. The number of rotatable bonds is 5. The maximum Gasteiger partial charge on any atom is 0.244 e. The van der Waals surface area contributed by atoms with Gasteiger partial charge in [0.05, 0.1) is 18.9 Å². The lowest BCUT2D eigenvalue weighted by Gasteiger charge is -2.04. The summed E-state index contributed by atoms with van der Waals surface area (Å²) in [7, 11) is -2.05. The molecule has 0 aliphatic carbocycles. The first-order valence-corrected chi connectivity index (χ1v) is 6.32. The van der Waals surface area contributed by atoms with Gasteiger partial charge >= 0.3 is 0 Å². The largest absolute Gasteiger partial charge is 0.357 e. The first kappa shape index (κ1) is 12.3. The Kier molecular flexibility index (Phi) is 3.43. The molecular weight excluding hydrogens is 260 g/mol. The van der Waals surface area contributed by atoms with E-state index in [2.05, 4.69) is 40.6 Å². The van der Waals surface area contributed by atoms with Gasteiger partial charge in [0.1, 0.15) is 4.90 Å². The number of hydrogen-bond donors (Lipinski definition) is 3. The molecule has 0 saturated carbocycles. The molecule has 10 nitrogen and oxygen atoms in total. The topological polar surface area (TPSA) is 138 Å². The molecule has 0 spiro atoms. The summed E-state index contributed by atoms with van der Waals surface area (Å²) in [5.74, 6) is 0.582. The van der Waals surface area contributed by atoms with Crippen LogP contribution in [0.4, 0.5) is 5.95 Å². The molecule has 0 fully saturated rings. The Morgan fingerprint density at radius 2 is 2.06 bits per heavy atom. The molecule has 2 heterocycles. The minimum absolute atomic E-state index is 0.0370. The molecule has 0 unspecified atom stereocenters. The van der Waals surface area contributed by atoms with Gasteiger partial charge in [0.25, 0.3) is 0 Å². The van der Waals surface area contributed by atoms with Crippen LogP contribution in [0.2, 0.25) is 0 Å². The molecule has 18 heavy (non-hydrogen) atoms. The Hall–Kier alpha value is -2.14. The molecule has 96 valence electrons. The smallest absolute Gasteiger partial charge is 0.244 e. The van der Waals surface area contributed by atoms with Gasteiger partial charge < -0.3 is 5.32 Å². The highest BCUT2D eigenvalue weighted by atomic mass is 32.2. The molecule has 0 saturated heterocycles. The summed E-state index contributed by atoms with van der Waals surface area (Å²) in [5.41, 5.74) is 0. The molecule has 0 atom stereocenters. The van der Waals surface area contributed by atoms with Gasteiger partial charge in [0.2, 0.25) is 16.0 Å². The van der Waals surface area contributed by atoms with Crippen molar-refractivity contribution in [1.29, 1.82) is 0 Å². The molecule has 0 aliphatic heterocycles. The molecule has 3 N–H and O–H groups in total. The zero-order chi connectivity index (χ0) is 13.0. The number of sulfonamides is 1. The lowest BCUT2D eigenvalue weighted by molar-refractivity contribution is 0.578. The third-order valence-corrected chi connectivity index (χ3v) is 3.33. The minimum Gasteiger partial charge on any atom is -0.357 e. The van der Waals surface area contributed by atoms with Crippen LogP contribution in [0.5, 0.6) is 0 Å².